The molecule has 0 heterocycles. The van der Waals surface area contributed by atoms with Crippen LogP contribution in [-0.2, 0) is 0 Å². The Labute approximate surface area is 98.4 Å². The highest BCUT2D eigenvalue weighted by Crippen LogP contribution is 2.33. The fourth-order valence-electron chi connectivity index (χ4n) is 1.09. The van der Waals surface area contributed by atoms with Crippen LogP contribution in [0.4, 0.5) is 0 Å². The van der Waals surface area contributed by atoms with E-state index < -0.39 is 0 Å². The quantitative estimate of drug-likeness (QED) is 0.923. The van der Waals surface area contributed by atoms with Crippen LogP contribution in [0.15, 0.2) is 28.7 Å². The van der Waals surface area contributed by atoms with E-state index in [1.54, 1.807) is 0 Å². The van der Waals surface area contributed by atoms with Gasteiger partial charge in [0, 0.05) is 0 Å². The molecule has 0 aromatic heterocycles. The third-order valence-electron chi connectivity index (χ3n) is 2.24. The SMILES string of the molecule is Cl.NC1(COc2ccccc2Br)CC1. The molecule has 0 aliphatic heterocycles. The second-order valence-electron chi connectivity index (χ2n) is 3.58. The molecule has 1 aromatic rings. The molecular formula is C10H13BrClNO. The van der Waals surface area contributed by atoms with Crippen LogP contribution in [0.1, 0.15) is 12.8 Å². The lowest BCUT2D eigenvalue weighted by Gasteiger charge is -2.11. The summed E-state index contributed by atoms with van der Waals surface area (Å²) in [4.78, 5) is 0. The summed E-state index contributed by atoms with van der Waals surface area (Å²) in [5, 5.41) is 0. The average molecular weight is 279 g/mol. The second-order valence-corrected chi connectivity index (χ2v) is 4.44. The van der Waals surface area contributed by atoms with Crippen molar-refractivity contribution in [3.8, 4) is 5.75 Å². The smallest absolute Gasteiger partial charge is 0.133 e. The summed E-state index contributed by atoms with van der Waals surface area (Å²) in [6.45, 7) is 0.621. The molecule has 1 aliphatic rings. The molecule has 0 saturated heterocycles. The Morgan fingerprint density at radius 1 is 1.36 bits per heavy atom. The van der Waals surface area contributed by atoms with E-state index in [4.69, 9.17) is 10.5 Å². The number of benzene rings is 1. The first-order valence-corrected chi connectivity index (χ1v) is 5.15. The molecule has 0 unspecified atom stereocenters. The maximum atomic E-state index is 5.90. The van der Waals surface area contributed by atoms with Crippen molar-refractivity contribution in [3.63, 3.8) is 0 Å². The Morgan fingerprint density at radius 2 is 2.00 bits per heavy atom. The highest BCUT2D eigenvalue weighted by Gasteiger charge is 2.39. The fraction of sp³-hybridized carbons (Fsp3) is 0.400. The first-order chi connectivity index (χ1) is 6.20. The van der Waals surface area contributed by atoms with E-state index in [1.807, 2.05) is 24.3 Å². The van der Waals surface area contributed by atoms with E-state index in [0.717, 1.165) is 23.1 Å². The minimum atomic E-state index is -0.0463. The van der Waals surface area contributed by atoms with Gasteiger partial charge in [-0.05, 0) is 40.9 Å². The minimum Gasteiger partial charge on any atom is -0.490 e. The normalized spacial score (nSPS) is 17.0. The summed E-state index contributed by atoms with van der Waals surface area (Å²) in [6, 6.07) is 7.82. The van der Waals surface area contributed by atoms with Crippen molar-refractivity contribution in [1.82, 2.24) is 0 Å². The molecule has 0 spiro atoms. The molecule has 2 rings (SSSR count). The Balaban J connectivity index is 0.000000980. The van der Waals surface area contributed by atoms with Crippen LogP contribution in [0.25, 0.3) is 0 Å². The summed E-state index contributed by atoms with van der Waals surface area (Å²) in [6.07, 6.45) is 2.16. The van der Waals surface area contributed by atoms with Crippen LogP contribution in [-0.4, -0.2) is 12.1 Å². The zero-order valence-corrected chi connectivity index (χ0v) is 10.1. The van der Waals surface area contributed by atoms with Gasteiger partial charge in [-0.15, -0.1) is 12.4 Å². The standard InChI is InChI=1S/C10H12BrNO.ClH/c11-8-3-1-2-4-9(8)13-7-10(12)5-6-10;/h1-4H,5-7,12H2;1H. The molecule has 1 aliphatic carbocycles. The highest BCUT2D eigenvalue weighted by molar-refractivity contribution is 9.10. The van der Waals surface area contributed by atoms with Crippen molar-refractivity contribution < 1.29 is 4.74 Å². The van der Waals surface area contributed by atoms with Crippen LogP contribution >= 0.6 is 28.3 Å². The van der Waals surface area contributed by atoms with Crippen LogP contribution in [0.5, 0.6) is 5.75 Å². The highest BCUT2D eigenvalue weighted by atomic mass is 79.9. The van der Waals surface area contributed by atoms with Gasteiger partial charge in [-0.2, -0.15) is 0 Å². The molecule has 2 N–H and O–H groups in total. The Kier molecular flexibility index (Phi) is 3.81. The third kappa shape index (κ3) is 2.87. The average Bonchev–Trinajstić information content (AvgIpc) is 2.83. The lowest BCUT2D eigenvalue weighted by Crippen LogP contribution is -2.29. The van der Waals surface area contributed by atoms with Crippen LogP contribution in [0, 0.1) is 0 Å². The van der Waals surface area contributed by atoms with Crippen LogP contribution in [0.3, 0.4) is 0 Å². The van der Waals surface area contributed by atoms with Gasteiger partial charge in [-0.3, -0.25) is 0 Å². The predicted octanol–water partition coefficient (Wildman–Crippen LogP) is 2.74. The van der Waals surface area contributed by atoms with Gasteiger partial charge in [0.05, 0.1) is 10.0 Å². The maximum Gasteiger partial charge on any atom is 0.133 e. The Bertz CT molecular complexity index is 315. The van der Waals surface area contributed by atoms with Gasteiger partial charge in [-0.1, -0.05) is 12.1 Å². The molecule has 0 amide bonds. The molecule has 1 aromatic carbocycles. The molecule has 4 heteroatoms. The van der Waals surface area contributed by atoms with Crippen LogP contribution in [0.2, 0.25) is 0 Å². The second kappa shape index (κ2) is 4.51. The first-order valence-electron chi connectivity index (χ1n) is 4.36. The number of hydrogen-bond donors (Lipinski definition) is 1. The van der Waals surface area contributed by atoms with Gasteiger partial charge in [0.1, 0.15) is 12.4 Å². The van der Waals surface area contributed by atoms with Crippen LogP contribution < -0.4 is 10.5 Å². The van der Waals surface area contributed by atoms with Crippen molar-refractivity contribution >= 4 is 28.3 Å². The van der Waals surface area contributed by atoms with Crippen molar-refractivity contribution in [2.75, 3.05) is 6.61 Å². The summed E-state index contributed by atoms with van der Waals surface area (Å²) < 4.78 is 6.58. The van der Waals surface area contributed by atoms with E-state index in [9.17, 15) is 0 Å². The number of ether oxygens (including phenoxy) is 1. The van der Waals surface area contributed by atoms with Gasteiger partial charge in [0.2, 0.25) is 0 Å². The summed E-state index contributed by atoms with van der Waals surface area (Å²) in [5.74, 6) is 0.874. The lowest BCUT2D eigenvalue weighted by atomic mass is 10.3. The lowest BCUT2D eigenvalue weighted by molar-refractivity contribution is 0.278. The van der Waals surface area contributed by atoms with Gasteiger partial charge in [-0.25, -0.2) is 0 Å². The molecule has 0 radical (unpaired) electrons. The zero-order valence-electron chi connectivity index (χ0n) is 7.70. The summed E-state index contributed by atoms with van der Waals surface area (Å²) >= 11 is 3.42. The molecule has 1 saturated carbocycles. The number of para-hydroxylation sites is 1. The van der Waals surface area contributed by atoms with Gasteiger partial charge >= 0.3 is 0 Å². The summed E-state index contributed by atoms with van der Waals surface area (Å²) in [5.41, 5.74) is 5.86. The fourth-order valence-corrected chi connectivity index (χ4v) is 1.49. The topological polar surface area (TPSA) is 35.2 Å². The Morgan fingerprint density at radius 3 is 2.57 bits per heavy atom. The maximum absolute atomic E-state index is 5.90. The molecule has 14 heavy (non-hydrogen) atoms. The van der Waals surface area contributed by atoms with Crippen molar-refractivity contribution in [3.05, 3.63) is 28.7 Å². The largest absolute Gasteiger partial charge is 0.490 e. The van der Waals surface area contributed by atoms with Gasteiger partial charge in [0.15, 0.2) is 0 Å². The van der Waals surface area contributed by atoms with E-state index in [-0.39, 0.29) is 17.9 Å². The number of halogens is 2. The van der Waals surface area contributed by atoms with Gasteiger partial charge < -0.3 is 10.5 Å². The van der Waals surface area contributed by atoms with Crippen molar-refractivity contribution in [1.29, 1.82) is 0 Å². The molecule has 78 valence electrons. The number of nitrogens with two attached hydrogens (primary N) is 1. The Hall–Kier alpha value is -0.250. The molecule has 0 atom stereocenters. The zero-order chi connectivity index (χ0) is 9.31. The number of hydrogen-bond acceptors (Lipinski definition) is 2. The van der Waals surface area contributed by atoms with E-state index in [1.165, 1.54) is 0 Å². The predicted molar refractivity (Wildman–Crippen MR) is 63.0 cm³/mol. The molecule has 0 bridgehead atoms. The van der Waals surface area contributed by atoms with E-state index >= 15 is 0 Å². The van der Waals surface area contributed by atoms with Gasteiger partial charge in [0.25, 0.3) is 0 Å². The monoisotopic (exact) mass is 277 g/mol. The minimum absolute atomic E-state index is 0. The molecule has 2 nitrogen and oxygen atoms in total. The van der Waals surface area contributed by atoms with Crippen molar-refractivity contribution in [2.45, 2.75) is 18.4 Å². The first kappa shape index (κ1) is 11.8. The molecule has 1 fully saturated rings. The van der Waals surface area contributed by atoms with Crippen molar-refractivity contribution in [2.24, 2.45) is 5.73 Å². The summed E-state index contributed by atoms with van der Waals surface area (Å²) in [7, 11) is 0. The van der Waals surface area contributed by atoms with E-state index in [0.29, 0.717) is 6.61 Å². The third-order valence-corrected chi connectivity index (χ3v) is 2.90. The molecular weight excluding hydrogens is 265 g/mol. The number of rotatable bonds is 3. The van der Waals surface area contributed by atoms with E-state index in [2.05, 4.69) is 15.9 Å².